The maximum Gasteiger partial charge on any atom is 0.255 e. The molecule has 3 aromatic rings. The lowest BCUT2D eigenvalue weighted by atomic mass is 9.96. The molecule has 0 aliphatic carbocycles. The van der Waals surface area contributed by atoms with Gasteiger partial charge >= 0.3 is 0 Å². The third-order valence-corrected chi connectivity index (χ3v) is 6.37. The van der Waals surface area contributed by atoms with Gasteiger partial charge in [0.2, 0.25) is 11.8 Å². The molecule has 0 radical (unpaired) electrons. The van der Waals surface area contributed by atoms with Crippen molar-refractivity contribution in [2.45, 2.75) is 24.4 Å². The molecule has 1 aliphatic rings. The number of fused-ring (bicyclic) bond motifs is 2. The van der Waals surface area contributed by atoms with Crippen LogP contribution in [0.2, 0.25) is 0 Å². The summed E-state index contributed by atoms with van der Waals surface area (Å²) in [6.45, 7) is 0.355. The van der Waals surface area contributed by atoms with Crippen LogP contribution in [0.25, 0.3) is 10.9 Å². The molecule has 1 aliphatic heterocycles. The zero-order valence-corrected chi connectivity index (χ0v) is 19.3. The number of aromatic amines is 1. The molecule has 0 spiro atoms. The van der Waals surface area contributed by atoms with Crippen LogP contribution >= 0.6 is 12.6 Å². The summed E-state index contributed by atoms with van der Waals surface area (Å²) in [6.07, 6.45) is 2.29. The van der Waals surface area contributed by atoms with E-state index in [2.05, 4.69) is 28.2 Å². The van der Waals surface area contributed by atoms with Gasteiger partial charge in [-0.1, -0.05) is 30.3 Å². The van der Waals surface area contributed by atoms with Crippen LogP contribution in [-0.4, -0.2) is 47.7 Å². The van der Waals surface area contributed by atoms with E-state index in [0.29, 0.717) is 29.9 Å². The van der Waals surface area contributed by atoms with Crippen molar-refractivity contribution in [1.82, 2.24) is 15.6 Å². The number of aromatic nitrogens is 1. The normalized spacial score (nSPS) is 16.7. The maximum absolute atomic E-state index is 13.1. The number of hydrogen-bond acceptors (Lipinski definition) is 6. The van der Waals surface area contributed by atoms with Crippen LogP contribution in [0.15, 0.2) is 48.7 Å². The fraction of sp³-hybridized carbons (Fsp3) is 0.292. The summed E-state index contributed by atoms with van der Waals surface area (Å²) in [5.74, 6) is -1.34. The first-order valence-corrected chi connectivity index (χ1v) is 11.6. The van der Waals surface area contributed by atoms with Crippen LogP contribution in [-0.2, 0) is 9.59 Å². The van der Waals surface area contributed by atoms with Gasteiger partial charge in [-0.25, -0.2) is 0 Å². The zero-order valence-electron chi connectivity index (χ0n) is 18.4. The number of nitrogens with one attached hydrogen (secondary N) is 3. The van der Waals surface area contributed by atoms with Crippen LogP contribution in [0.4, 0.5) is 0 Å². The minimum atomic E-state index is -0.726. The summed E-state index contributed by atoms with van der Waals surface area (Å²) in [5, 5.41) is 6.59. The first-order valence-electron chi connectivity index (χ1n) is 11.0. The SMILES string of the molecule is NC(=O)[C@@H](CNC(=O)c1cccc2c1OCCC2NC(=O)[C@@H](N)CS)c1c[nH]c2ccccc12. The lowest BCUT2D eigenvalue weighted by Crippen LogP contribution is -2.44. The molecular formula is C24H27N5O4S. The average Bonchev–Trinajstić information content (AvgIpc) is 3.27. The van der Waals surface area contributed by atoms with E-state index in [1.807, 2.05) is 24.3 Å². The molecule has 0 saturated heterocycles. The van der Waals surface area contributed by atoms with Crippen molar-refractivity contribution in [2.24, 2.45) is 11.5 Å². The number of para-hydroxylation sites is 2. The summed E-state index contributed by atoms with van der Waals surface area (Å²) >= 11 is 4.07. The lowest BCUT2D eigenvalue weighted by molar-refractivity contribution is -0.123. The van der Waals surface area contributed by atoms with Crippen LogP contribution in [0.5, 0.6) is 5.75 Å². The molecule has 10 heteroatoms. The van der Waals surface area contributed by atoms with Crippen LogP contribution < -0.4 is 26.8 Å². The molecule has 3 amide bonds. The smallest absolute Gasteiger partial charge is 0.255 e. The van der Waals surface area contributed by atoms with Gasteiger partial charge in [-0.2, -0.15) is 12.6 Å². The van der Waals surface area contributed by atoms with Crippen LogP contribution in [0.1, 0.15) is 39.9 Å². The van der Waals surface area contributed by atoms with Gasteiger partial charge in [0.05, 0.1) is 30.2 Å². The van der Waals surface area contributed by atoms with Crippen molar-refractivity contribution in [3.8, 4) is 5.75 Å². The Kier molecular flexibility index (Phi) is 7.09. The minimum Gasteiger partial charge on any atom is -0.492 e. The van der Waals surface area contributed by atoms with E-state index in [9.17, 15) is 14.4 Å². The topological polar surface area (TPSA) is 152 Å². The second kappa shape index (κ2) is 10.2. The summed E-state index contributed by atoms with van der Waals surface area (Å²) < 4.78 is 5.80. The van der Waals surface area contributed by atoms with Crippen molar-refractivity contribution in [1.29, 1.82) is 0 Å². The van der Waals surface area contributed by atoms with E-state index in [4.69, 9.17) is 16.2 Å². The Hall–Kier alpha value is -3.50. The predicted molar refractivity (Wildman–Crippen MR) is 132 cm³/mol. The van der Waals surface area contributed by atoms with Gasteiger partial charge in [-0.15, -0.1) is 0 Å². The molecule has 7 N–H and O–H groups in total. The van der Waals surface area contributed by atoms with Gasteiger partial charge < -0.3 is 31.8 Å². The number of rotatable bonds is 8. The number of ether oxygens (including phenoxy) is 1. The summed E-state index contributed by atoms with van der Waals surface area (Å²) in [4.78, 5) is 40.7. The maximum atomic E-state index is 13.1. The first-order chi connectivity index (χ1) is 16.4. The standard InChI is InChI=1S/C24H27N5O4S/c25-18(12-34)24(32)29-20-8-9-33-21-14(20)5-3-6-15(21)23(31)28-11-17(22(26)30)16-10-27-19-7-2-1-4-13(16)19/h1-7,10,17-18,20,27,34H,8-9,11-12,25H2,(H2,26,30)(H,28,31)(H,29,32)/t17-,18-,20?/m0/s1. The predicted octanol–water partition coefficient (Wildman–Crippen LogP) is 1.36. The van der Waals surface area contributed by atoms with Gasteiger partial charge in [-0.05, 0) is 17.7 Å². The van der Waals surface area contributed by atoms with Crippen LogP contribution in [0.3, 0.4) is 0 Å². The second-order valence-electron chi connectivity index (χ2n) is 8.17. The van der Waals surface area contributed by atoms with E-state index in [1.165, 1.54) is 0 Å². The molecule has 4 rings (SSSR count). The van der Waals surface area contributed by atoms with Crippen molar-refractivity contribution in [3.05, 3.63) is 65.4 Å². The van der Waals surface area contributed by atoms with E-state index in [1.54, 1.807) is 24.4 Å². The van der Waals surface area contributed by atoms with E-state index in [-0.39, 0.29) is 24.2 Å². The van der Waals surface area contributed by atoms with Crippen molar-refractivity contribution >= 4 is 41.3 Å². The fourth-order valence-corrected chi connectivity index (χ4v) is 4.32. The molecule has 3 atom stereocenters. The Balaban J connectivity index is 1.53. The van der Waals surface area contributed by atoms with Gasteiger partial charge in [0.1, 0.15) is 5.75 Å². The van der Waals surface area contributed by atoms with Crippen LogP contribution in [0, 0.1) is 0 Å². The largest absolute Gasteiger partial charge is 0.492 e. The van der Waals surface area contributed by atoms with Gasteiger partial charge in [0.25, 0.3) is 5.91 Å². The summed E-state index contributed by atoms with van der Waals surface area (Å²) in [7, 11) is 0. The van der Waals surface area contributed by atoms with Gasteiger partial charge in [0.15, 0.2) is 0 Å². The molecule has 2 heterocycles. The average molecular weight is 482 g/mol. The fourth-order valence-electron chi connectivity index (χ4n) is 4.15. The van der Waals surface area contributed by atoms with Crippen molar-refractivity contribution in [3.63, 3.8) is 0 Å². The molecule has 2 aromatic carbocycles. The quantitative estimate of drug-likeness (QED) is 0.268. The van der Waals surface area contributed by atoms with E-state index >= 15 is 0 Å². The highest BCUT2D eigenvalue weighted by Gasteiger charge is 2.29. The number of benzene rings is 2. The zero-order chi connectivity index (χ0) is 24.2. The monoisotopic (exact) mass is 481 g/mol. The number of H-pyrrole nitrogens is 1. The van der Waals surface area contributed by atoms with Crippen molar-refractivity contribution < 1.29 is 19.1 Å². The van der Waals surface area contributed by atoms with Gasteiger partial charge in [0, 0.05) is 41.4 Å². The molecule has 0 bridgehead atoms. The van der Waals surface area contributed by atoms with E-state index < -0.39 is 23.8 Å². The third-order valence-electron chi connectivity index (χ3n) is 5.98. The number of carbonyl (C=O) groups excluding carboxylic acids is 3. The number of primary amides is 1. The second-order valence-corrected chi connectivity index (χ2v) is 8.53. The number of nitrogens with two attached hydrogens (primary N) is 2. The van der Waals surface area contributed by atoms with Crippen molar-refractivity contribution in [2.75, 3.05) is 18.9 Å². The Bertz CT molecular complexity index is 1230. The minimum absolute atomic E-state index is 0.0244. The number of hydrogen-bond donors (Lipinski definition) is 6. The molecule has 34 heavy (non-hydrogen) atoms. The molecule has 0 saturated carbocycles. The molecule has 0 fully saturated rings. The molecule has 1 aromatic heterocycles. The molecule has 9 nitrogen and oxygen atoms in total. The number of amides is 3. The Morgan fingerprint density at radius 1 is 1.18 bits per heavy atom. The molecular weight excluding hydrogens is 454 g/mol. The summed E-state index contributed by atoms with van der Waals surface area (Å²) in [6, 6.07) is 11.7. The summed E-state index contributed by atoms with van der Waals surface area (Å²) in [5.41, 5.74) is 14.1. The molecule has 1 unspecified atom stereocenters. The third kappa shape index (κ3) is 4.73. The number of thiol groups is 1. The Morgan fingerprint density at radius 2 is 1.97 bits per heavy atom. The lowest BCUT2D eigenvalue weighted by Gasteiger charge is -2.29. The van der Waals surface area contributed by atoms with E-state index in [0.717, 1.165) is 16.5 Å². The van der Waals surface area contributed by atoms with Gasteiger partial charge in [-0.3, -0.25) is 14.4 Å². The first kappa shape index (κ1) is 23.7. The highest BCUT2D eigenvalue weighted by atomic mass is 32.1. The molecule has 178 valence electrons. The highest BCUT2D eigenvalue weighted by Crippen LogP contribution is 2.35. The number of carbonyl (C=O) groups is 3. The Morgan fingerprint density at radius 3 is 2.74 bits per heavy atom. The Labute approximate surface area is 202 Å². The highest BCUT2D eigenvalue weighted by molar-refractivity contribution is 7.80.